The molecule has 0 aliphatic carbocycles. The molecule has 2 aromatic rings. The van der Waals surface area contributed by atoms with Crippen LogP contribution in [0, 0.1) is 6.92 Å². The van der Waals surface area contributed by atoms with Gasteiger partial charge in [-0.1, -0.05) is 35.3 Å². The van der Waals surface area contributed by atoms with Gasteiger partial charge in [0.2, 0.25) is 0 Å². The Labute approximate surface area is 133 Å². The highest BCUT2D eigenvalue weighted by Crippen LogP contribution is 2.38. The van der Waals surface area contributed by atoms with Gasteiger partial charge in [0.25, 0.3) is 0 Å². The Morgan fingerprint density at radius 1 is 1.00 bits per heavy atom. The van der Waals surface area contributed by atoms with Crippen LogP contribution in [0.5, 0.6) is 11.5 Å². The first-order valence-electron chi connectivity index (χ1n) is 6.67. The maximum Gasteiger partial charge on any atom is 0.162 e. The van der Waals surface area contributed by atoms with Gasteiger partial charge in [0.15, 0.2) is 11.5 Å². The molecule has 3 rings (SSSR count). The summed E-state index contributed by atoms with van der Waals surface area (Å²) in [6.07, 6.45) is 0. The first-order chi connectivity index (χ1) is 10.1. The Bertz CT molecular complexity index is 688. The molecule has 0 aromatic heterocycles. The van der Waals surface area contributed by atoms with Crippen molar-refractivity contribution >= 4 is 23.2 Å². The van der Waals surface area contributed by atoms with Crippen LogP contribution in [-0.2, 0) is 0 Å². The third-order valence-corrected chi connectivity index (χ3v) is 4.29. The van der Waals surface area contributed by atoms with Gasteiger partial charge in [0.05, 0.1) is 6.04 Å². The van der Waals surface area contributed by atoms with E-state index in [0.29, 0.717) is 29.7 Å². The summed E-state index contributed by atoms with van der Waals surface area (Å²) in [6.45, 7) is 3.01. The first-order valence-corrected chi connectivity index (χ1v) is 7.42. The summed E-state index contributed by atoms with van der Waals surface area (Å²) in [5.74, 6) is 1.34. The summed E-state index contributed by atoms with van der Waals surface area (Å²) >= 11 is 12.4. The zero-order chi connectivity index (χ0) is 15.0. The molecular weight excluding hydrogens is 309 g/mol. The predicted octanol–water partition coefficient (Wildman–Crippen LogP) is 4.12. The molecular formula is C16H15Cl2NO2. The van der Waals surface area contributed by atoms with Crippen LogP contribution in [0.1, 0.15) is 22.7 Å². The second-order valence-corrected chi connectivity index (χ2v) is 5.82. The van der Waals surface area contributed by atoms with E-state index in [4.69, 9.17) is 38.4 Å². The normalized spacial score (nSPS) is 14.9. The second kappa shape index (κ2) is 5.76. The average Bonchev–Trinajstić information content (AvgIpc) is 2.48. The van der Waals surface area contributed by atoms with Crippen LogP contribution < -0.4 is 15.2 Å². The number of benzene rings is 2. The number of ether oxygens (including phenoxy) is 2. The molecule has 21 heavy (non-hydrogen) atoms. The Kier molecular flexibility index (Phi) is 3.98. The highest BCUT2D eigenvalue weighted by Gasteiger charge is 2.19. The number of hydrogen-bond acceptors (Lipinski definition) is 3. The molecule has 5 heteroatoms. The van der Waals surface area contributed by atoms with Gasteiger partial charge in [-0.3, -0.25) is 0 Å². The fourth-order valence-electron chi connectivity index (χ4n) is 2.36. The van der Waals surface area contributed by atoms with Crippen LogP contribution >= 0.6 is 23.2 Å². The van der Waals surface area contributed by atoms with Gasteiger partial charge in [-0.25, -0.2) is 0 Å². The molecule has 1 unspecified atom stereocenters. The van der Waals surface area contributed by atoms with E-state index in [1.54, 1.807) is 6.07 Å². The van der Waals surface area contributed by atoms with E-state index >= 15 is 0 Å². The number of rotatable bonds is 2. The SMILES string of the molecule is Cc1cc(C(N)c2cc3c(cc2Cl)OCCO3)ccc1Cl. The van der Waals surface area contributed by atoms with Crippen LogP contribution in [0.4, 0.5) is 0 Å². The lowest BCUT2D eigenvalue weighted by Gasteiger charge is -2.22. The maximum absolute atomic E-state index is 6.35. The number of fused-ring (bicyclic) bond motifs is 1. The standard InChI is InChI=1S/C16H15Cl2NO2/c1-9-6-10(2-3-12(9)17)16(19)11-7-14-15(8-13(11)18)21-5-4-20-14/h2-3,6-8,16H,4-5,19H2,1H3. The molecule has 0 radical (unpaired) electrons. The van der Waals surface area contributed by atoms with Crippen LogP contribution in [0.2, 0.25) is 10.0 Å². The van der Waals surface area contributed by atoms with Crippen molar-refractivity contribution < 1.29 is 9.47 Å². The minimum Gasteiger partial charge on any atom is -0.486 e. The van der Waals surface area contributed by atoms with Crippen molar-refractivity contribution in [3.8, 4) is 11.5 Å². The molecule has 0 amide bonds. The predicted molar refractivity (Wildman–Crippen MR) is 84.7 cm³/mol. The molecule has 2 aromatic carbocycles. The lowest BCUT2D eigenvalue weighted by Crippen LogP contribution is -2.17. The van der Waals surface area contributed by atoms with Crippen molar-refractivity contribution in [1.82, 2.24) is 0 Å². The van der Waals surface area contributed by atoms with E-state index in [1.165, 1.54) is 0 Å². The molecule has 1 heterocycles. The van der Waals surface area contributed by atoms with Gasteiger partial charge >= 0.3 is 0 Å². The quantitative estimate of drug-likeness (QED) is 0.904. The van der Waals surface area contributed by atoms with Crippen LogP contribution in [0.15, 0.2) is 30.3 Å². The summed E-state index contributed by atoms with van der Waals surface area (Å²) in [7, 11) is 0. The zero-order valence-corrected chi connectivity index (χ0v) is 13.0. The summed E-state index contributed by atoms with van der Waals surface area (Å²) in [6, 6.07) is 8.99. The third kappa shape index (κ3) is 2.82. The zero-order valence-electron chi connectivity index (χ0n) is 11.5. The van der Waals surface area contributed by atoms with Crippen LogP contribution in [0.25, 0.3) is 0 Å². The summed E-state index contributed by atoms with van der Waals surface area (Å²) in [4.78, 5) is 0. The van der Waals surface area contributed by atoms with Gasteiger partial charge < -0.3 is 15.2 Å². The van der Waals surface area contributed by atoms with E-state index in [9.17, 15) is 0 Å². The Morgan fingerprint density at radius 3 is 2.33 bits per heavy atom. The van der Waals surface area contributed by atoms with Gasteiger partial charge in [-0.2, -0.15) is 0 Å². The lowest BCUT2D eigenvalue weighted by atomic mass is 9.97. The van der Waals surface area contributed by atoms with E-state index < -0.39 is 0 Å². The largest absolute Gasteiger partial charge is 0.486 e. The van der Waals surface area contributed by atoms with E-state index in [1.807, 2.05) is 31.2 Å². The summed E-state index contributed by atoms with van der Waals surface area (Å²) in [5.41, 5.74) is 9.09. The first kappa shape index (κ1) is 14.5. The second-order valence-electron chi connectivity index (χ2n) is 5.00. The molecule has 0 saturated heterocycles. The molecule has 0 fully saturated rings. The smallest absolute Gasteiger partial charge is 0.162 e. The number of halogens is 2. The van der Waals surface area contributed by atoms with Gasteiger partial charge in [0, 0.05) is 16.1 Å². The van der Waals surface area contributed by atoms with E-state index in [-0.39, 0.29) is 6.04 Å². The summed E-state index contributed by atoms with van der Waals surface area (Å²) in [5, 5.41) is 1.29. The third-order valence-electron chi connectivity index (χ3n) is 3.54. The fourth-order valence-corrected chi connectivity index (χ4v) is 2.75. The molecule has 1 aliphatic rings. The van der Waals surface area contributed by atoms with E-state index in [2.05, 4.69) is 0 Å². The highest BCUT2D eigenvalue weighted by molar-refractivity contribution is 6.32. The number of hydrogen-bond donors (Lipinski definition) is 1. The van der Waals surface area contributed by atoms with Gasteiger partial charge in [0.1, 0.15) is 13.2 Å². The molecule has 0 bridgehead atoms. The average molecular weight is 324 g/mol. The van der Waals surface area contributed by atoms with Crippen molar-refractivity contribution in [1.29, 1.82) is 0 Å². The molecule has 2 N–H and O–H groups in total. The Morgan fingerprint density at radius 2 is 1.67 bits per heavy atom. The van der Waals surface area contributed by atoms with Crippen molar-refractivity contribution in [3.63, 3.8) is 0 Å². The maximum atomic E-state index is 6.35. The molecule has 0 spiro atoms. The fraction of sp³-hybridized carbons (Fsp3) is 0.250. The monoisotopic (exact) mass is 323 g/mol. The van der Waals surface area contributed by atoms with Gasteiger partial charge in [-0.05, 0) is 35.7 Å². The molecule has 0 saturated carbocycles. The Hall–Kier alpha value is -1.42. The van der Waals surface area contributed by atoms with Crippen LogP contribution in [-0.4, -0.2) is 13.2 Å². The molecule has 110 valence electrons. The van der Waals surface area contributed by atoms with Crippen LogP contribution in [0.3, 0.4) is 0 Å². The summed E-state index contributed by atoms with van der Waals surface area (Å²) < 4.78 is 11.1. The highest BCUT2D eigenvalue weighted by atomic mass is 35.5. The Balaban J connectivity index is 2.00. The molecule has 3 nitrogen and oxygen atoms in total. The lowest BCUT2D eigenvalue weighted by molar-refractivity contribution is 0.171. The number of aryl methyl sites for hydroxylation is 1. The number of nitrogens with two attached hydrogens (primary N) is 1. The molecule has 1 aliphatic heterocycles. The van der Waals surface area contributed by atoms with Gasteiger partial charge in [-0.15, -0.1) is 0 Å². The van der Waals surface area contributed by atoms with Crippen molar-refractivity contribution in [2.45, 2.75) is 13.0 Å². The minimum absolute atomic E-state index is 0.343. The minimum atomic E-state index is -0.343. The van der Waals surface area contributed by atoms with E-state index in [0.717, 1.165) is 21.7 Å². The topological polar surface area (TPSA) is 44.5 Å². The van der Waals surface area contributed by atoms with Crippen molar-refractivity contribution in [2.24, 2.45) is 5.73 Å². The van der Waals surface area contributed by atoms with Crippen molar-refractivity contribution in [2.75, 3.05) is 13.2 Å². The van der Waals surface area contributed by atoms with Crippen molar-refractivity contribution in [3.05, 3.63) is 57.1 Å². The molecule has 1 atom stereocenters.